The molecule has 0 aromatic carbocycles. The second-order valence-electron chi connectivity index (χ2n) is 5.19. The van der Waals surface area contributed by atoms with Crippen molar-refractivity contribution in [3.8, 4) is 0 Å². The van der Waals surface area contributed by atoms with Gasteiger partial charge in [-0.1, -0.05) is 19.3 Å². The van der Waals surface area contributed by atoms with Crippen molar-refractivity contribution in [1.29, 1.82) is 0 Å². The van der Waals surface area contributed by atoms with Gasteiger partial charge in [-0.25, -0.2) is 0 Å². The molecule has 3 N–H and O–H groups in total. The van der Waals surface area contributed by atoms with E-state index in [4.69, 9.17) is 5.73 Å². The molecule has 2 fully saturated rings. The summed E-state index contributed by atoms with van der Waals surface area (Å²) in [5.74, 6) is 0.181. The molecule has 4 nitrogen and oxygen atoms in total. The molecule has 0 aromatic rings. The highest BCUT2D eigenvalue weighted by molar-refractivity contribution is 5.78. The molecule has 0 radical (unpaired) electrons. The Labute approximate surface area is 97.6 Å². The fraction of sp³-hybridized carbons (Fsp3) is 0.917. The molecule has 16 heavy (non-hydrogen) atoms. The Morgan fingerprint density at radius 1 is 1.25 bits per heavy atom. The van der Waals surface area contributed by atoms with Crippen molar-refractivity contribution in [3.63, 3.8) is 0 Å². The van der Waals surface area contributed by atoms with Crippen molar-refractivity contribution >= 4 is 5.91 Å². The molecule has 92 valence electrons. The lowest BCUT2D eigenvalue weighted by molar-refractivity contribution is -0.122. The van der Waals surface area contributed by atoms with Gasteiger partial charge in [0.05, 0.1) is 6.54 Å². The van der Waals surface area contributed by atoms with Gasteiger partial charge < -0.3 is 11.1 Å². The number of carbonyl (C=O) groups is 1. The first-order chi connectivity index (χ1) is 7.74. The summed E-state index contributed by atoms with van der Waals surface area (Å²) in [6, 6.07) is 0.694. The first-order valence-electron chi connectivity index (χ1n) is 6.51. The number of amides is 1. The predicted octanol–water partition coefficient (Wildman–Crippen LogP) is 0.468. The maximum Gasteiger partial charge on any atom is 0.234 e. The zero-order chi connectivity index (χ0) is 11.4. The maximum absolute atomic E-state index is 11.8. The Kier molecular flexibility index (Phi) is 4.18. The molecule has 1 heterocycles. The monoisotopic (exact) mass is 225 g/mol. The van der Waals surface area contributed by atoms with Gasteiger partial charge in [-0.2, -0.15) is 0 Å². The Hall–Kier alpha value is -0.610. The molecule has 1 saturated heterocycles. The number of rotatable bonds is 3. The topological polar surface area (TPSA) is 58.4 Å². The molecule has 1 aliphatic carbocycles. The molecule has 0 aromatic heterocycles. The van der Waals surface area contributed by atoms with E-state index in [1.54, 1.807) is 0 Å². The molecule has 1 amide bonds. The molecule has 1 aliphatic heterocycles. The second-order valence-corrected chi connectivity index (χ2v) is 5.19. The molecule has 0 bridgehead atoms. The zero-order valence-electron chi connectivity index (χ0n) is 9.95. The summed E-state index contributed by atoms with van der Waals surface area (Å²) in [7, 11) is 0. The van der Waals surface area contributed by atoms with Crippen LogP contribution in [0.2, 0.25) is 0 Å². The van der Waals surface area contributed by atoms with Crippen LogP contribution in [0.1, 0.15) is 38.5 Å². The van der Waals surface area contributed by atoms with Gasteiger partial charge in [-0.05, 0) is 19.3 Å². The van der Waals surface area contributed by atoms with Crippen molar-refractivity contribution in [2.45, 2.75) is 50.6 Å². The number of nitrogens with zero attached hydrogens (tertiary/aromatic N) is 1. The standard InChI is InChI=1S/C12H23N3O/c13-10-6-7-15(8-10)9-12(16)14-11-4-2-1-3-5-11/h10-11H,1-9,13H2,(H,14,16). The van der Waals surface area contributed by atoms with Crippen LogP contribution in [0.3, 0.4) is 0 Å². The average Bonchev–Trinajstić information content (AvgIpc) is 2.65. The van der Waals surface area contributed by atoms with Gasteiger partial charge in [-0.3, -0.25) is 9.69 Å². The molecule has 1 unspecified atom stereocenters. The van der Waals surface area contributed by atoms with E-state index >= 15 is 0 Å². The normalized spacial score (nSPS) is 28.2. The first kappa shape index (κ1) is 11.9. The van der Waals surface area contributed by atoms with Crippen LogP contribution in [0.4, 0.5) is 0 Å². The average molecular weight is 225 g/mol. The van der Waals surface area contributed by atoms with Gasteiger partial charge in [0.15, 0.2) is 0 Å². The van der Waals surface area contributed by atoms with Gasteiger partial charge >= 0.3 is 0 Å². The number of likely N-dealkylation sites (tertiary alicyclic amines) is 1. The third kappa shape index (κ3) is 3.46. The van der Waals surface area contributed by atoms with E-state index < -0.39 is 0 Å². The summed E-state index contributed by atoms with van der Waals surface area (Å²) in [6.07, 6.45) is 7.19. The summed E-state index contributed by atoms with van der Waals surface area (Å²) < 4.78 is 0. The molecular formula is C12H23N3O. The second kappa shape index (κ2) is 5.64. The molecule has 2 aliphatic rings. The Bertz CT molecular complexity index is 230. The lowest BCUT2D eigenvalue weighted by atomic mass is 9.95. The summed E-state index contributed by atoms with van der Waals surface area (Å²) in [4.78, 5) is 13.9. The van der Waals surface area contributed by atoms with E-state index in [0.717, 1.165) is 32.4 Å². The van der Waals surface area contributed by atoms with Crippen LogP contribution in [-0.4, -0.2) is 42.5 Å². The Morgan fingerprint density at radius 2 is 2.00 bits per heavy atom. The fourth-order valence-corrected chi connectivity index (χ4v) is 2.73. The minimum atomic E-state index is 0.181. The van der Waals surface area contributed by atoms with Crippen molar-refractivity contribution in [3.05, 3.63) is 0 Å². The van der Waals surface area contributed by atoms with E-state index in [1.165, 1.54) is 19.3 Å². The van der Waals surface area contributed by atoms with Gasteiger partial charge in [-0.15, -0.1) is 0 Å². The highest BCUT2D eigenvalue weighted by Gasteiger charge is 2.22. The lowest BCUT2D eigenvalue weighted by Crippen LogP contribution is -2.42. The number of nitrogens with one attached hydrogen (secondary N) is 1. The highest BCUT2D eigenvalue weighted by atomic mass is 16.2. The SMILES string of the molecule is NC1CCN(CC(=O)NC2CCCCC2)C1. The minimum absolute atomic E-state index is 0.181. The number of hydrogen-bond donors (Lipinski definition) is 2. The number of carbonyl (C=O) groups excluding carboxylic acids is 1. The maximum atomic E-state index is 11.8. The van der Waals surface area contributed by atoms with Crippen LogP contribution in [-0.2, 0) is 4.79 Å². The van der Waals surface area contributed by atoms with Gasteiger partial charge in [0.2, 0.25) is 5.91 Å². The van der Waals surface area contributed by atoms with Crippen LogP contribution in [0.15, 0.2) is 0 Å². The quantitative estimate of drug-likeness (QED) is 0.734. The summed E-state index contributed by atoms with van der Waals surface area (Å²) in [5.41, 5.74) is 5.81. The van der Waals surface area contributed by atoms with Crippen molar-refractivity contribution < 1.29 is 4.79 Å². The zero-order valence-corrected chi connectivity index (χ0v) is 9.95. The van der Waals surface area contributed by atoms with Crippen LogP contribution in [0.5, 0.6) is 0 Å². The predicted molar refractivity (Wildman–Crippen MR) is 64.0 cm³/mol. The molecule has 0 spiro atoms. The fourth-order valence-electron chi connectivity index (χ4n) is 2.73. The van der Waals surface area contributed by atoms with E-state index in [9.17, 15) is 4.79 Å². The highest BCUT2D eigenvalue weighted by Crippen LogP contribution is 2.17. The van der Waals surface area contributed by atoms with Gasteiger partial charge in [0.1, 0.15) is 0 Å². The Morgan fingerprint density at radius 3 is 2.62 bits per heavy atom. The van der Waals surface area contributed by atoms with Crippen molar-refractivity contribution in [2.75, 3.05) is 19.6 Å². The van der Waals surface area contributed by atoms with Gasteiger partial charge in [0.25, 0.3) is 0 Å². The number of hydrogen-bond acceptors (Lipinski definition) is 3. The summed E-state index contributed by atoms with van der Waals surface area (Å²) in [6.45, 7) is 2.38. The van der Waals surface area contributed by atoms with E-state index in [2.05, 4.69) is 10.2 Å². The van der Waals surface area contributed by atoms with Crippen LogP contribution in [0, 0.1) is 0 Å². The van der Waals surface area contributed by atoms with Crippen molar-refractivity contribution in [1.82, 2.24) is 10.2 Å². The minimum Gasteiger partial charge on any atom is -0.352 e. The van der Waals surface area contributed by atoms with E-state index in [-0.39, 0.29) is 11.9 Å². The Balaban J connectivity index is 1.67. The molecular weight excluding hydrogens is 202 g/mol. The molecule has 4 heteroatoms. The molecule has 1 atom stereocenters. The number of nitrogens with two attached hydrogens (primary N) is 1. The van der Waals surface area contributed by atoms with E-state index in [0.29, 0.717) is 12.6 Å². The molecule has 1 saturated carbocycles. The van der Waals surface area contributed by atoms with Crippen LogP contribution in [0.25, 0.3) is 0 Å². The summed E-state index contributed by atoms with van der Waals surface area (Å²) in [5, 5.41) is 3.14. The third-order valence-electron chi connectivity index (χ3n) is 3.65. The smallest absolute Gasteiger partial charge is 0.234 e. The van der Waals surface area contributed by atoms with Crippen LogP contribution >= 0.6 is 0 Å². The molecule has 2 rings (SSSR count). The van der Waals surface area contributed by atoms with E-state index in [1.807, 2.05) is 0 Å². The summed E-state index contributed by atoms with van der Waals surface area (Å²) >= 11 is 0. The largest absolute Gasteiger partial charge is 0.352 e. The van der Waals surface area contributed by atoms with Gasteiger partial charge in [0, 0.05) is 25.2 Å². The van der Waals surface area contributed by atoms with Crippen LogP contribution < -0.4 is 11.1 Å². The first-order valence-corrected chi connectivity index (χ1v) is 6.51. The third-order valence-corrected chi connectivity index (χ3v) is 3.65. The van der Waals surface area contributed by atoms with Crippen molar-refractivity contribution in [2.24, 2.45) is 5.73 Å². The lowest BCUT2D eigenvalue weighted by Gasteiger charge is -2.24.